The van der Waals surface area contributed by atoms with Crippen LogP contribution in [0, 0.1) is 6.92 Å². The molecule has 0 spiro atoms. The van der Waals surface area contributed by atoms with Crippen LogP contribution < -0.4 is 5.32 Å². The molecule has 1 amide bonds. The highest BCUT2D eigenvalue weighted by atomic mass is 35.5. The average Bonchev–Trinajstić information content (AvgIpc) is 2.69. The van der Waals surface area contributed by atoms with Crippen molar-refractivity contribution >= 4 is 29.3 Å². The maximum absolute atomic E-state index is 13.0. The maximum atomic E-state index is 13.0. The SMILES string of the molecule is Cc1ccc(NC(=O)C(C)(C)c2cccc(Cl)c2)nc1-c1cccc(C(=O)O)c1. The van der Waals surface area contributed by atoms with Crippen molar-refractivity contribution in [2.45, 2.75) is 26.2 Å². The molecule has 0 aliphatic rings. The zero-order valence-corrected chi connectivity index (χ0v) is 17.1. The number of carboxylic acid groups (broad SMARTS) is 1. The lowest BCUT2D eigenvalue weighted by Gasteiger charge is -2.24. The number of aromatic carboxylic acids is 1. The number of carboxylic acids is 1. The first-order valence-electron chi connectivity index (χ1n) is 9.07. The molecule has 0 radical (unpaired) electrons. The van der Waals surface area contributed by atoms with Gasteiger partial charge in [0.1, 0.15) is 5.82 Å². The molecule has 0 saturated carbocycles. The number of rotatable bonds is 5. The zero-order chi connectivity index (χ0) is 21.2. The van der Waals surface area contributed by atoms with Gasteiger partial charge >= 0.3 is 5.97 Å². The molecule has 0 saturated heterocycles. The van der Waals surface area contributed by atoms with E-state index in [1.165, 1.54) is 6.07 Å². The lowest BCUT2D eigenvalue weighted by molar-refractivity contribution is -0.120. The Labute approximate surface area is 174 Å². The molecule has 3 rings (SSSR count). The summed E-state index contributed by atoms with van der Waals surface area (Å²) >= 11 is 6.07. The van der Waals surface area contributed by atoms with Gasteiger partial charge in [-0.25, -0.2) is 9.78 Å². The van der Waals surface area contributed by atoms with Crippen LogP contribution in [0.1, 0.15) is 35.3 Å². The van der Waals surface area contributed by atoms with E-state index in [1.54, 1.807) is 36.4 Å². The second-order valence-corrected chi connectivity index (χ2v) is 7.77. The van der Waals surface area contributed by atoms with E-state index in [2.05, 4.69) is 10.3 Å². The number of amides is 1. The second kappa shape index (κ2) is 8.05. The second-order valence-electron chi connectivity index (χ2n) is 7.34. The standard InChI is InChI=1S/C23H21ClN2O3/c1-14-10-11-19(25-20(14)15-6-4-7-16(12-15)21(27)28)26-22(29)23(2,3)17-8-5-9-18(24)13-17/h4-13H,1-3H3,(H,27,28)(H,25,26,29). The number of nitrogens with one attached hydrogen (secondary N) is 1. The minimum Gasteiger partial charge on any atom is -0.478 e. The van der Waals surface area contributed by atoms with E-state index in [0.29, 0.717) is 22.1 Å². The van der Waals surface area contributed by atoms with Gasteiger partial charge in [0.05, 0.1) is 16.7 Å². The molecular formula is C23H21ClN2O3. The van der Waals surface area contributed by atoms with Crippen LogP contribution in [0.3, 0.4) is 0 Å². The van der Waals surface area contributed by atoms with Crippen molar-refractivity contribution < 1.29 is 14.7 Å². The van der Waals surface area contributed by atoms with Crippen molar-refractivity contribution in [3.63, 3.8) is 0 Å². The Bertz CT molecular complexity index is 1090. The van der Waals surface area contributed by atoms with Gasteiger partial charge in [-0.1, -0.05) is 41.9 Å². The smallest absolute Gasteiger partial charge is 0.335 e. The molecule has 2 aromatic carbocycles. The molecular weight excluding hydrogens is 388 g/mol. The molecule has 0 aliphatic carbocycles. The Morgan fingerprint density at radius 1 is 1.03 bits per heavy atom. The normalized spacial score (nSPS) is 11.2. The number of halogens is 1. The fourth-order valence-electron chi connectivity index (χ4n) is 2.97. The molecule has 5 nitrogen and oxygen atoms in total. The van der Waals surface area contributed by atoms with Gasteiger partial charge in [0.2, 0.25) is 5.91 Å². The molecule has 0 aliphatic heterocycles. The van der Waals surface area contributed by atoms with E-state index in [-0.39, 0.29) is 11.5 Å². The molecule has 3 aromatic rings. The van der Waals surface area contributed by atoms with Crippen molar-refractivity contribution in [2.75, 3.05) is 5.32 Å². The number of carbonyl (C=O) groups is 2. The van der Waals surface area contributed by atoms with Gasteiger partial charge in [0.25, 0.3) is 0 Å². The molecule has 1 heterocycles. The number of anilines is 1. The highest BCUT2D eigenvalue weighted by molar-refractivity contribution is 6.30. The number of benzene rings is 2. The first-order valence-corrected chi connectivity index (χ1v) is 9.45. The van der Waals surface area contributed by atoms with E-state index in [9.17, 15) is 14.7 Å². The van der Waals surface area contributed by atoms with Crippen LogP contribution in [0.2, 0.25) is 5.02 Å². The number of aromatic nitrogens is 1. The topological polar surface area (TPSA) is 79.3 Å². The number of carbonyl (C=O) groups excluding carboxylic acids is 1. The highest BCUT2D eigenvalue weighted by Gasteiger charge is 2.30. The monoisotopic (exact) mass is 408 g/mol. The molecule has 0 unspecified atom stereocenters. The van der Waals surface area contributed by atoms with E-state index in [4.69, 9.17) is 11.6 Å². The van der Waals surface area contributed by atoms with Crippen molar-refractivity contribution in [3.8, 4) is 11.3 Å². The predicted octanol–water partition coefficient (Wildman–Crippen LogP) is 5.32. The molecule has 0 fully saturated rings. The van der Waals surface area contributed by atoms with Crippen LogP contribution >= 0.6 is 11.6 Å². The maximum Gasteiger partial charge on any atom is 0.335 e. The summed E-state index contributed by atoms with van der Waals surface area (Å²) in [4.78, 5) is 28.8. The summed E-state index contributed by atoms with van der Waals surface area (Å²) in [5.41, 5.74) is 2.32. The Morgan fingerprint density at radius 3 is 2.45 bits per heavy atom. The molecule has 148 valence electrons. The lowest BCUT2D eigenvalue weighted by Crippen LogP contribution is -2.35. The average molecular weight is 409 g/mol. The fourth-order valence-corrected chi connectivity index (χ4v) is 3.16. The van der Waals surface area contributed by atoms with E-state index < -0.39 is 11.4 Å². The van der Waals surface area contributed by atoms with Crippen LogP contribution in [0.25, 0.3) is 11.3 Å². The molecule has 0 atom stereocenters. The molecule has 29 heavy (non-hydrogen) atoms. The van der Waals surface area contributed by atoms with E-state index in [1.807, 2.05) is 39.0 Å². The Hall–Kier alpha value is -3.18. The van der Waals surface area contributed by atoms with Gasteiger partial charge in [0.15, 0.2) is 0 Å². The van der Waals surface area contributed by atoms with Gasteiger partial charge < -0.3 is 10.4 Å². The summed E-state index contributed by atoms with van der Waals surface area (Å²) < 4.78 is 0. The fraction of sp³-hybridized carbons (Fsp3) is 0.174. The first kappa shape index (κ1) is 20.6. The summed E-state index contributed by atoms with van der Waals surface area (Å²) in [6.45, 7) is 5.52. The largest absolute Gasteiger partial charge is 0.478 e. The first-order chi connectivity index (χ1) is 13.7. The number of hydrogen-bond donors (Lipinski definition) is 2. The highest BCUT2D eigenvalue weighted by Crippen LogP contribution is 2.28. The number of pyridine rings is 1. The summed E-state index contributed by atoms with van der Waals surface area (Å²) in [6, 6.07) is 17.3. The van der Waals surface area contributed by atoms with Crippen molar-refractivity contribution in [1.29, 1.82) is 0 Å². The number of hydrogen-bond acceptors (Lipinski definition) is 3. The van der Waals surface area contributed by atoms with E-state index in [0.717, 1.165) is 11.1 Å². The Balaban J connectivity index is 1.91. The molecule has 6 heteroatoms. The third-order valence-corrected chi connectivity index (χ3v) is 5.07. The van der Waals surface area contributed by atoms with Crippen LogP contribution in [-0.4, -0.2) is 22.0 Å². The Kier molecular flexibility index (Phi) is 5.71. The lowest BCUT2D eigenvalue weighted by atomic mass is 9.84. The van der Waals surface area contributed by atoms with Gasteiger partial charge in [0, 0.05) is 10.6 Å². The third kappa shape index (κ3) is 4.46. The predicted molar refractivity (Wildman–Crippen MR) is 114 cm³/mol. The summed E-state index contributed by atoms with van der Waals surface area (Å²) in [7, 11) is 0. The van der Waals surface area contributed by atoms with Crippen molar-refractivity contribution in [3.05, 3.63) is 82.4 Å². The van der Waals surface area contributed by atoms with Crippen LogP contribution in [0.5, 0.6) is 0 Å². The van der Waals surface area contributed by atoms with Crippen LogP contribution in [0.4, 0.5) is 5.82 Å². The zero-order valence-electron chi connectivity index (χ0n) is 16.4. The van der Waals surface area contributed by atoms with Gasteiger partial charge in [-0.3, -0.25) is 4.79 Å². The molecule has 0 bridgehead atoms. The van der Waals surface area contributed by atoms with E-state index >= 15 is 0 Å². The number of nitrogens with zero attached hydrogens (tertiary/aromatic N) is 1. The van der Waals surface area contributed by atoms with Gasteiger partial charge in [-0.15, -0.1) is 0 Å². The minimum absolute atomic E-state index is 0.181. The van der Waals surface area contributed by atoms with Crippen molar-refractivity contribution in [2.24, 2.45) is 0 Å². The third-order valence-electron chi connectivity index (χ3n) is 4.84. The van der Waals surface area contributed by atoms with Crippen molar-refractivity contribution in [1.82, 2.24) is 4.98 Å². The Morgan fingerprint density at radius 2 is 1.76 bits per heavy atom. The van der Waals surface area contributed by atoms with Gasteiger partial charge in [-0.2, -0.15) is 0 Å². The quantitative estimate of drug-likeness (QED) is 0.598. The van der Waals surface area contributed by atoms with Gasteiger partial charge in [-0.05, 0) is 62.2 Å². The summed E-state index contributed by atoms with van der Waals surface area (Å²) in [5.74, 6) is -0.829. The van der Waals surface area contributed by atoms with Crippen LogP contribution in [0.15, 0.2) is 60.7 Å². The molecule has 1 aromatic heterocycles. The number of aryl methyl sites for hydroxylation is 1. The summed E-state index contributed by atoms with van der Waals surface area (Å²) in [6.07, 6.45) is 0. The molecule has 2 N–H and O–H groups in total. The summed E-state index contributed by atoms with van der Waals surface area (Å²) in [5, 5.41) is 12.7. The van der Waals surface area contributed by atoms with Crippen LogP contribution in [-0.2, 0) is 10.2 Å². The minimum atomic E-state index is -1.00.